The van der Waals surface area contributed by atoms with E-state index in [0.717, 1.165) is 6.07 Å². The minimum absolute atomic E-state index is 0.0856. The van der Waals surface area contributed by atoms with Crippen LogP contribution in [0.5, 0.6) is 0 Å². The molecular weight excluding hydrogens is 213 g/mol. The van der Waals surface area contributed by atoms with Gasteiger partial charge in [0.2, 0.25) is 0 Å². The molecule has 1 aromatic heterocycles. The SMILES string of the molecule is CC(=O)c1c(C(=O)O)[nH]c2cc(F)ccc12. The fraction of sp³-hybridized carbons (Fsp3) is 0.0909. The number of carbonyl (C=O) groups is 2. The molecule has 0 aliphatic rings. The van der Waals surface area contributed by atoms with Gasteiger partial charge in [-0.25, -0.2) is 9.18 Å². The summed E-state index contributed by atoms with van der Waals surface area (Å²) in [4.78, 5) is 24.8. The highest BCUT2D eigenvalue weighted by molar-refractivity contribution is 6.14. The molecule has 0 radical (unpaired) electrons. The normalized spacial score (nSPS) is 10.6. The summed E-state index contributed by atoms with van der Waals surface area (Å²) < 4.78 is 12.9. The number of H-pyrrole nitrogens is 1. The van der Waals surface area contributed by atoms with Crippen molar-refractivity contribution in [2.45, 2.75) is 6.92 Å². The Kier molecular flexibility index (Phi) is 2.23. The maximum atomic E-state index is 12.9. The van der Waals surface area contributed by atoms with Crippen molar-refractivity contribution in [1.82, 2.24) is 4.98 Å². The smallest absolute Gasteiger partial charge is 0.353 e. The van der Waals surface area contributed by atoms with E-state index in [1.54, 1.807) is 0 Å². The number of fused-ring (bicyclic) bond motifs is 1. The Hall–Kier alpha value is -2.17. The van der Waals surface area contributed by atoms with Crippen LogP contribution in [0.3, 0.4) is 0 Å². The van der Waals surface area contributed by atoms with Gasteiger partial charge in [-0.1, -0.05) is 0 Å². The molecule has 2 N–H and O–H groups in total. The highest BCUT2D eigenvalue weighted by atomic mass is 19.1. The van der Waals surface area contributed by atoms with Crippen molar-refractivity contribution in [3.05, 3.63) is 35.3 Å². The van der Waals surface area contributed by atoms with Gasteiger partial charge in [-0.3, -0.25) is 4.79 Å². The van der Waals surface area contributed by atoms with Gasteiger partial charge in [0.15, 0.2) is 5.78 Å². The molecule has 5 heteroatoms. The first kappa shape index (κ1) is 10.4. The van der Waals surface area contributed by atoms with Crippen molar-refractivity contribution in [1.29, 1.82) is 0 Å². The van der Waals surface area contributed by atoms with Crippen LogP contribution >= 0.6 is 0 Å². The topological polar surface area (TPSA) is 70.2 Å². The molecule has 0 saturated heterocycles. The Balaban J connectivity index is 2.86. The molecule has 2 aromatic rings. The second-order valence-electron chi connectivity index (χ2n) is 3.43. The van der Waals surface area contributed by atoms with Crippen LogP contribution in [0.15, 0.2) is 18.2 Å². The van der Waals surface area contributed by atoms with Crippen molar-refractivity contribution in [3.63, 3.8) is 0 Å². The monoisotopic (exact) mass is 221 g/mol. The summed E-state index contributed by atoms with van der Waals surface area (Å²) in [6, 6.07) is 3.74. The van der Waals surface area contributed by atoms with Gasteiger partial charge < -0.3 is 10.1 Å². The molecule has 0 aliphatic heterocycles. The number of halogens is 1. The lowest BCUT2D eigenvalue weighted by Crippen LogP contribution is -2.04. The van der Waals surface area contributed by atoms with Gasteiger partial charge in [0.25, 0.3) is 0 Å². The molecular formula is C11H8FNO3. The number of rotatable bonds is 2. The average Bonchev–Trinajstić information content (AvgIpc) is 2.55. The van der Waals surface area contributed by atoms with Crippen molar-refractivity contribution in [2.24, 2.45) is 0 Å². The second kappa shape index (κ2) is 3.44. The summed E-state index contributed by atoms with van der Waals surface area (Å²) >= 11 is 0. The third kappa shape index (κ3) is 1.46. The number of aromatic carboxylic acids is 1. The zero-order valence-corrected chi connectivity index (χ0v) is 8.37. The molecule has 4 nitrogen and oxygen atoms in total. The number of hydrogen-bond acceptors (Lipinski definition) is 2. The fourth-order valence-electron chi connectivity index (χ4n) is 1.70. The summed E-state index contributed by atoms with van der Waals surface area (Å²) in [5, 5.41) is 9.33. The minimum atomic E-state index is -1.23. The first-order chi connectivity index (χ1) is 7.50. The van der Waals surface area contributed by atoms with Crippen LogP contribution in [-0.2, 0) is 0 Å². The quantitative estimate of drug-likeness (QED) is 0.764. The van der Waals surface area contributed by atoms with Gasteiger partial charge in [-0.2, -0.15) is 0 Å². The zero-order chi connectivity index (χ0) is 11.9. The Morgan fingerprint density at radius 3 is 2.62 bits per heavy atom. The number of carbonyl (C=O) groups excluding carboxylic acids is 1. The number of hydrogen-bond donors (Lipinski definition) is 2. The van der Waals surface area contributed by atoms with Gasteiger partial charge in [0.05, 0.1) is 5.56 Å². The number of Topliss-reactive ketones (excluding diaryl/α,β-unsaturated/α-hetero) is 1. The van der Waals surface area contributed by atoms with E-state index in [2.05, 4.69) is 4.98 Å². The van der Waals surface area contributed by atoms with E-state index in [1.807, 2.05) is 0 Å². The van der Waals surface area contributed by atoms with E-state index in [4.69, 9.17) is 5.11 Å². The summed E-state index contributed by atoms with van der Waals surface area (Å²) in [6.45, 7) is 1.28. The number of ketones is 1. The first-order valence-electron chi connectivity index (χ1n) is 4.56. The molecule has 0 spiro atoms. The van der Waals surface area contributed by atoms with Crippen LogP contribution in [0.4, 0.5) is 4.39 Å². The lowest BCUT2D eigenvalue weighted by molar-refractivity contribution is 0.0687. The van der Waals surface area contributed by atoms with Crippen LogP contribution in [0, 0.1) is 5.82 Å². The second-order valence-corrected chi connectivity index (χ2v) is 3.43. The highest BCUT2D eigenvalue weighted by Gasteiger charge is 2.20. The molecule has 1 heterocycles. The molecule has 0 fully saturated rings. The van der Waals surface area contributed by atoms with E-state index in [9.17, 15) is 14.0 Å². The number of carboxylic acids is 1. The Morgan fingerprint density at radius 2 is 2.06 bits per heavy atom. The standard InChI is InChI=1S/C11H8FNO3/c1-5(14)9-7-3-2-6(12)4-8(7)13-10(9)11(15)16/h2-4,13H,1H3,(H,15,16). The molecule has 1 aromatic carbocycles. The average molecular weight is 221 g/mol. The van der Waals surface area contributed by atoms with E-state index in [0.29, 0.717) is 10.9 Å². The number of aromatic nitrogens is 1. The maximum absolute atomic E-state index is 12.9. The minimum Gasteiger partial charge on any atom is -0.477 e. The van der Waals surface area contributed by atoms with Crippen LogP contribution in [0.2, 0.25) is 0 Å². The number of benzene rings is 1. The maximum Gasteiger partial charge on any atom is 0.353 e. The number of carboxylic acid groups (broad SMARTS) is 1. The van der Waals surface area contributed by atoms with E-state index in [1.165, 1.54) is 19.1 Å². The van der Waals surface area contributed by atoms with Crippen molar-refractivity contribution < 1.29 is 19.1 Å². The van der Waals surface area contributed by atoms with Gasteiger partial charge in [-0.05, 0) is 25.1 Å². The van der Waals surface area contributed by atoms with Gasteiger partial charge >= 0.3 is 5.97 Å². The highest BCUT2D eigenvalue weighted by Crippen LogP contribution is 2.23. The lowest BCUT2D eigenvalue weighted by Gasteiger charge is -1.94. The van der Waals surface area contributed by atoms with Gasteiger partial charge in [-0.15, -0.1) is 0 Å². The summed E-state index contributed by atoms with van der Waals surface area (Å²) in [6.07, 6.45) is 0. The molecule has 0 amide bonds. The molecule has 82 valence electrons. The van der Waals surface area contributed by atoms with E-state index >= 15 is 0 Å². The van der Waals surface area contributed by atoms with E-state index in [-0.39, 0.29) is 17.0 Å². The van der Waals surface area contributed by atoms with Crippen LogP contribution < -0.4 is 0 Å². The van der Waals surface area contributed by atoms with Crippen molar-refractivity contribution in [3.8, 4) is 0 Å². The molecule has 0 unspecified atom stereocenters. The predicted octanol–water partition coefficient (Wildman–Crippen LogP) is 2.21. The predicted molar refractivity (Wildman–Crippen MR) is 55.2 cm³/mol. The molecule has 0 bridgehead atoms. The van der Waals surface area contributed by atoms with Crippen LogP contribution in [0.25, 0.3) is 10.9 Å². The van der Waals surface area contributed by atoms with Crippen molar-refractivity contribution >= 4 is 22.7 Å². The number of aromatic amines is 1. The van der Waals surface area contributed by atoms with Crippen LogP contribution in [-0.4, -0.2) is 21.8 Å². The summed E-state index contributed by atoms with van der Waals surface area (Å²) in [7, 11) is 0. The summed E-state index contributed by atoms with van der Waals surface area (Å²) in [5.74, 6) is -2.09. The Bertz CT molecular complexity index is 601. The number of nitrogens with one attached hydrogen (secondary N) is 1. The fourth-order valence-corrected chi connectivity index (χ4v) is 1.70. The zero-order valence-electron chi connectivity index (χ0n) is 8.37. The Labute approximate surface area is 89.7 Å². The molecule has 0 aliphatic carbocycles. The summed E-state index contributed by atoms with van der Waals surface area (Å²) in [5.41, 5.74) is 0.193. The third-order valence-electron chi connectivity index (χ3n) is 2.33. The van der Waals surface area contributed by atoms with Crippen LogP contribution in [0.1, 0.15) is 27.8 Å². The largest absolute Gasteiger partial charge is 0.477 e. The Morgan fingerprint density at radius 1 is 1.38 bits per heavy atom. The van der Waals surface area contributed by atoms with Gasteiger partial charge in [0.1, 0.15) is 11.5 Å². The molecule has 0 saturated carbocycles. The first-order valence-corrected chi connectivity index (χ1v) is 4.56. The van der Waals surface area contributed by atoms with Gasteiger partial charge in [0, 0.05) is 10.9 Å². The lowest BCUT2D eigenvalue weighted by atomic mass is 10.1. The molecule has 0 atom stereocenters. The van der Waals surface area contributed by atoms with E-state index < -0.39 is 11.8 Å². The molecule has 16 heavy (non-hydrogen) atoms. The van der Waals surface area contributed by atoms with Crippen molar-refractivity contribution in [2.75, 3.05) is 0 Å². The molecule has 2 rings (SSSR count). The third-order valence-corrected chi connectivity index (χ3v) is 2.33.